The number of hydrogen-bond acceptors (Lipinski definition) is 4. The van der Waals surface area contributed by atoms with Gasteiger partial charge in [0.05, 0.1) is 0 Å². The molecule has 0 aromatic heterocycles. The van der Waals surface area contributed by atoms with E-state index >= 15 is 0 Å². The van der Waals surface area contributed by atoms with E-state index in [1.807, 2.05) is 0 Å². The molecule has 1 rings (SSSR count). The summed E-state index contributed by atoms with van der Waals surface area (Å²) in [5, 5.41) is 0. The molecule has 0 saturated heterocycles. The highest BCUT2D eigenvalue weighted by Crippen LogP contribution is 2.14. The lowest BCUT2D eigenvalue weighted by atomic mass is 10.1. The van der Waals surface area contributed by atoms with E-state index in [0.29, 0.717) is 6.04 Å². The Morgan fingerprint density at radius 1 is 1.69 bits per heavy atom. The van der Waals surface area contributed by atoms with Crippen LogP contribution < -0.4 is 17.0 Å². The van der Waals surface area contributed by atoms with Crippen molar-refractivity contribution in [1.29, 1.82) is 0 Å². The summed E-state index contributed by atoms with van der Waals surface area (Å²) in [6, 6.07) is 0.596. The first-order valence-electron chi connectivity index (χ1n) is 4.43. The lowest BCUT2D eigenvalue weighted by molar-refractivity contribution is 0.233. The summed E-state index contributed by atoms with van der Waals surface area (Å²) in [5.74, 6) is 5.34. The number of halogens is 1. The first kappa shape index (κ1) is 11.1. The van der Waals surface area contributed by atoms with Gasteiger partial charge in [0.25, 0.3) is 0 Å². The second kappa shape index (κ2) is 5.02. The fraction of sp³-hybridized carbons (Fsp3) is 0.750. The maximum absolute atomic E-state index is 5.87. The van der Waals surface area contributed by atoms with Crippen LogP contribution in [0.15, 0.2) is 11.4 Å². The Kier molecular flexibility index (Phi) is 4.27. The Morgan fingerprint density at radius 3 is 2.85 bits per heavy atom. The molecule has 0 bridgehead atoms. The molecule has 13 heavy (non-hydrogen) atoms. The Labute approximate surface area is 92.8 Å². The zero-order valence-electron chi connectivity index (χ0n) is 7.89. The highest BCUT2D eigenvalue weighted by atomic mass is 127. The van der Waals surface area contributed by atoms with Gasteiger partial charge in [0.15, 0.2) is 0 Å². The van der Waals surface area contributed by atoms with Crippen LogP contribution in [0.1, 0.15) is 13.3 Å². The van der Waals surface area contributed by atoms with Crippen LogP contribution in [0.2, 0.25) is 0 Å². The predicted octanol–water partition coefficient (Wildman–Crippen LogP) is 0.149. The van der Waals surface area contributed by atoms with E-state index in [4.69, 9.17) is 11.6 Å². The number of nitrogens with two attached hydrogens (primary N) is 2. The van der Waals surface area contributed by atoms with Crippen LogP contribution in [0.3, 0.4) is 0 Å². The van der Waals surface area contributed by atoms with Gasteiger partial charge in [-0.1, -0.05) is 22.6 Å². The van der Waals surface area contributed by atoms with Crippen molar-refractivity contribution in [2.75, 3.05) is 17.5 Å². The molecule has 0 aromatic rings. The molecule has 0 aromatic carbocycles. The van der Waals surface area contributed by atoms with Crippen LogP contribution in [0.4, 0.5) is 0 Å². The lowest BCUT2D eigenvalue weighted by Gasteiger charge is -2.32. The molecule has 1 aliphatic heterocycles. The van der Waals surface area contributed by atoms with Gasteiger partial charge in [-0.2, -0.15) is 0 Å². The highest BCUT2D eigenvalue weighted by Gasteiger charge is 2.19. The monoisotopic (exact) mass is 296 g/mol. The minimum Gasteiger partial charge on any atom is -0.400 e. The van der Waals surface area contributed by atoms with Gasteiger partial charge in [-0.15, -0.1) is 0 Å². The molecule has 0 saturated carbocycles. The fourth-order valence-electron chi connectivity index (χ4n) is 1.45. The first-order chi connectivity index (χ1) is 6.19. The van der Waals surface area contributed by atoms with Gasteiger partial charge < -0.3 is 11.2 Å². The number of nitrogens with zero attached hydrogens (tertiary/aromatic N) is 1. The van der Waals surface area contributed by atoms with Crippen LogP contribution in [0.25, 0.3) is 0 Å². The third kappa shape index (κ3) is 2.72. The molecule has 0 aliphatic carbocycles. The van der Waals surface area contributed by atoms with Crippen molar-refractivity contribution < 1.29 is 0 Å². The van der Waals surface area contributed by atoms with E-state index in [1.54, 1.807) is 0 Å². The molecule has 1 aliphatic rings. The third-order valence-electron chi connectivity index (χ3n) is 2.43. The molecule has 5 heteroatoms. The summed E-state index contributed by atoms with van der Waals surface area (Å²) >= 11 is 2.40. The molecular weight excluding hydrogens is 279 g/mol. The van der Waals surface area contributed by atoms with Crippen molar-refractivity contribution >= 4 is 22.6 Å². The molecule has 76 valence electrons. The van der Waals surface area contributed by atoms with Gasteiger partial charge in [-0.25, -0.2) is 0 Å². The first-order valence-corrected chi connectivity index (χ1v) is 5.95. The summed E-state index contributed by atoms with van der Waals surface area (Å²) in [4.78, 5) is 2.38. The van der Waals surface area contributed by atoms with Crippen LogP contribution in [0, 0.1) is 0 Å². The summed E-state index contributed by atoms with van der Waals surface area (Å²) in [6.45, 7) is 4.11. The van der Waals surface area contributed by atoms with Crippen LogP contribution in [-0.4, -0.2) is 28.5 Å². The minimum absolute atomic E-state index is 0.596. The molecule has 1 atom stereocenters. The van der Waals surface area contributed by atoms with E-state index in [2.05, 4.69) is 39.8 Å². The molecule has 4 nitrogen and oxygen atoms in total. The van der Waals surface area contributed by atoms with Gasteiger partial charge in [-0.3, -0.25) is 10.7 Å². The summed E-state index contributed by atoms with van der Waals surface area (Å²) in [6.07, 6.45) is 0.934. The van der Waals surface area contributed by atoms with Crippen molar-refractivity contribution in [1.82, 2.24) is 10.3 Å². The van der Waals surface area contributed by atoms with E-state index in [1.165, 1.54) is 0 Å². The number of hydrazine groups is 1. The van der Waals surface area contributed by atoms with Crippen molar-refractivity contribution in [2.24, 2.45) is 11.6 Å². The van der Waals surface area contributed by atoms with E-state index < -0.39 is 0 Å². The second-order valence-electron chi connectivity index (χ2n) is 3.37. The Balaban J connectivity index is 2.57. The average molecular weight is 296 g/mol. The van der Waals surface area contributed by atoms with Crippen LogP contribution >= 0.6 is 22.6 Å². The molecule has 0 fully saturated rings. The van der Waals surface area contributed by atoms with Crippen molar-refractivity contribution in [2.45, 2.75) is 19.4 Å². The fourth-order valence-corrected chi connectivity index (χ4v) is 2.00. The molecule has 1 unspecified atom stereocenters. The summed E-state index contributed by atoms with van der Waals surface area (Å²) in [7, 11) is 0. The Bertz CT molecular complexity index is 204. The summed E-state index contributed by atoms with van der Waals surface area (Å²) < 4.78 is 1.14. The zero-order chi connectivity index (χ0) is 9.84. The zero-order valence-corrected chi connectivity index (χ0v) is 10.0. The predicted molar refractivity (Wildman–Crippen MR) is 63.1 cm³/mol. The topological polar surface area (TPSA) is 67.3 Å². The smallest absolute Gasteiger partial charge is 0.0472 e. The number of hydrogen-bond donors (Lipinski definition) is 3. The number of nitrogens with one attached hydrogen (secondary N) is 1. The SMILES string of the molecule is CC(CI)N1CCC(NN)=C(N)C1. The molecule has 0 spiro atoms. The molecule has 0 radical (unpaired) electrons. The molecule has 1 heterocycles. The Morgan fingerprint density at radius 2 is 2.38 bits per heavy atom. The van der Waals surface area contributed by atoms with E-state index in [9.17, 15) is 0 Å². The molecular formula is C8H17IN4. The third-order valence-corrected chi connectivity index (χ3v) is 3.71. The van der Waals surface area contributed by atoms with Gasteiger partial charge in [0, 0.05) is 41.4 Å². The standard InChI is InChI=1S/C8H17IN4/c1-6(4-9)13-3-2-8(12-11)7(10)5-13/h6,12H,2-5,10-11H2,1H3. The average Bonchev–Trinajstić information content (AvgIpc) is 2.16. The summed E-state index contributed by atoms with van der Waals surface area (Å²) in [5.41, 5.74) is 10.4. The van der Waals surface area contributed by atoms with Gasteiger partial charge in [0.2, 0.25) is 0 Å². The highest BCUT2D eigenvalue weighted by molar-refractivity contribution is 14.1. The van der Waals surface area contributed by atoms with E-state index in [-0.39, 0.29) is 0 Å². The van der Waals surface area contributed by atoms with E-state index in [0.717, 1.165) is 35.3 Å². The van der Waals surface area contributed by atoms with Gasteiger partial charge >= 0.3 is 0 Å². The maximum atomic E-state index is 5.87. The quantitative estimate of drug-likeness (QED) is 0.300. The minimum atomic E-state index is 0.596. The van der Waals surface area contributed by atoms with Crippen LogP contribution in [-0.2, 0) is 0 Å². The maximum Gasteiger partial charge on any atom is 0.0472 e. The van der Waals surface area contributed by atoms with Crippen molar-refractivity contribution in [3.8, 4) is 0 Å². The molecule has 0 amide bonds. The number of alkyl halides is 1. The normalized spacial score (nSPS) is 21.8. The molecule has 5 N–H and O–H groups in total. The van der Waals surface area contributed by atoms with Gasteiger partial charge in [-0.05, 0) is 6.92 Å². The number of rotatable bonds is 3. The van der Waals surface area contributed by atoms with Crippen molar-refractivity contribution in [3.63, 3.8) is 0 Å². The lowest BCUT2D eigenvalue weighted by Crippen LogP contribution is -2.43. The van der Waals surface area contributed by atoms with Crippen molar-refractivity contribution in [3.05, 3.63) is 11.4 Å². The van der Waals surface area contributed by atoms with Gasteiger partial charge in [0.1, 0.15) is 0 Å². The second-order valence-corrected chi connectivity index (χ2v) is 4.25. The Hall–Kier alpha value is -0.0100. The van der Waals surface area contributed by atoms with Crippen LogP contribution in [0.5, 0.6) is 0 Å². The largest absolute Gasteiger partial charge is 0.400 e.